The standard InChI is InChI=1S/C14H15N3O2S2/c18-12(15-9-3-5-21-6-4-9)8-1-2-10-11(7-8)16-14(20)17-13(10)19/h1-2,7,9H,3-6H2,(H,15,18)(H2,16,17,19,20). The van der Waals surface area contributed by atoms with E-state index in [9.17, 15) is 9.59 Å². The summed E-state index contributed by atoms with van der Waals surface area (Å²) < 4.78 is 0.259. The van der Waals surface area contributed by atoms with E-state index in [1.807, 2.05) is 11.8 Å². The lowest BCUT2D eigenvalue weighted by molar-refractivity contribution is 0.0935. The van der Waals surface area contributed by atoms with Crippen LogP contribution in [0.2, 0.25) is 0 Å². The number of carbonyl (C=O) groups is 1. The van der Waals surface area contributed by atoms with Crippen LogP contribution in [0.4, 0.5) is 0 Å². The molecule has 0 spiro atoms. The SMILES string of the molecule is O=C(NC1CCSCC1)c1ccc2c(=O)[nH]c(=S)[nH]c2c1. The zero-order valence-corrected chi connectivity index (χ0v) is 12.9. The summed E-state index contributed by atoms with van der Waals surface area (Å²) in [5.41, 5.74) is 0.873. The van der Waals surface area contributed by atoms with Gasteiger partial charge in [-0.1, -0.05) is 0 Å². The van der Waals surface area contributed by atoms with Gasteiger partial charge < -0.3 is 10.3 Å². The van der Waals surface area contributed by atoms with E-state index >= 15 is 0 Å². The number of hydrogen-bond donors (Lipinski definition) is 3. The quantitative estimate of drug-likeness (QED) is 0.741. The summed E-state index contributed by atoms with van der Waals surface area (Å²) in [6, 6.07) is 5.23. The zero-order chi connectivity index (χ0) is 14.8. The summed E-state index contributed by atoms with van der Waals surface area (Å²) in [5.74, 6) is 2.07. The van der Waals surface area contributed by atoms with Gasteiger partial charge in [-0.15, -0.1) is 0 Å². The monoisotopic (exact) mass is 321 g/mol. The molecule has 0 radical (unpaired) electrons. The highest BCUT2D eigenvalue weighted by molar-refractivity contribution is 7.99. The van der Waals surface area contributed by atoms with Gasteiger partial charge in [0.05, 0.1) is 10.9 Å². The topological polar surface area (TPSA) is 77.8 Å². The first-order valence-corrected chi connectivity index (χ1v) is 8.35. The van der Waals surface area contributed by atoms with Crippen molar-refractivity contribution in [2.75, 3.05) is 11.5 Å². The maximum absolute atomic E-state index is 12.3. The molecule has 3 rings (SSSR count). The van der Waals surface area contributed by atoms with Crippen molar-refractivity contribution in [3.8, 4) is 0 Å². The minimum Gasteiger partial charge on any atom is -0.349 e. The van der Waals surface area contributed by atoms with E-state index in [1.54, 1.807) is 18.2 Å². The molecule has 7 heteroatoms. The average Bonchev–Trinajstić information content (AvgIpc) is 2.47. The molecule has 1 aliphatic heterocycles. The molecule has 0 bridgehead atoms. The number of aromatic nitrogens is 2. The van der Waals surface area contributed by atoms with Crippen molar-refractivity contribution in [1.29, 1.82) is 0 Å². The first-order valence-electron chi connectivity index (χ1n) is 6.78. The van der Waals surface area contributed by atoms with E-state index in [0.717, 1.165) is 24.3 Å². The van der Waals surface area contributed by atoms with Crippen molar-refractivity contribution in [2.24, 2.45) is 0 Å². The molecule has 5 nitrogen and oxygen atoms in total. The Kier molecular flexibility index (Phi) is 4.12. The van der Waals surface area contributed by atoms with Crippen LogP contribution in [0, 0.1) is 4.77 Å². The van der Waals surface area contributed by atoms with Crippen molar-refractivity contribution < 1.29 is 4.79 Å². The maximum atomic E-state index is 12.3. The number of nitrogens with one attached hydrogen (secondary N) is 3. The van der Waals surface area contributed by atoms with E-state index in [-0.39, 0.29) is 22.3 Å². The van der Waals surface area contributed by atoms with Crippen LogP contribution in [0.1, 0.15) is 23.2 Å². The number of rotatable bonds is 2. The molecule has 1 aromatic carbocycles. The smallest absolute Gasteiger partial charge is 0.259 e. The molecule has 1 saturated heterocycles. The fraction of sp³-hybridized carbons (Fsp3) is 0.357. The van der Waals surface area contributed by atoms with Crippen molar-refractivity contribution in [2.45, 2.75) is 18.9 Å². The number of fused-ring (bicyclic) bond motifs is 1. The van der Waals surface area contributed by atoms with Gasteiger partial charge in [0.2, 0.25) is 0 Å². The molecule has 3 N–H and O–H groups in total. The molecular formula is C14H15N3O2S2. The van der Waals surface area contributed by atoms with Gasteiger partial charge in [0.15, 0.2) is 4.77 Å². The highest BCUT2D eigenvalue weighted by atomic mass is 32.2. The molecule has 0 aliphatic carbocycles. The van der Waals surface area contributed by atoms with Crippen LogP contribution < -0.4 is 10.9 Å². The maximum Gasteiger partial charge on any atom is 0.259 e. The average molecular weight is 321 g/mol. The van der Waals surface area contributed by atoms with Gasteiger partial charge in [-0.25, -0.2) is 0 Å². The number of aromatic amines is 2. The Hall–Kier alpha value is -1.60. The second-order valence-corrected chi connectivity index (χ2v) is 6.66. The zero-order valence-electron chi connectivity index (χ0n) is 11.3. The predicted molar refractivity (Wildman–Crippen MR) is 87.6 cm³/mol. The van der Waals surface area contributed by atoms with Crippen molar-refractivity contribution in [1.82, 2.24) is 15.3 Å². The van der Waals surface area contributed by atoms with E-state index < -0.39 is 0 Å². The second-order valence-electron chi connectivity index (χ2n) is 5.03. The fourth-order valence-electron chi connectivity index (χ4n) is 2.42. The van der Waals surface area contributed by atoms with E-state index in [4.69, 9.17) is 12.2 Å². The summed E-state index contributed by atoms with van der Waals surface area (Å²) in [4.78, 5) is 29.5. The lowest BCUT2D eigenvalue weighted by Crippen LogP contribution is -2.37. The van der Waals surface area contributed by atoms with Gasteiger partial charge in [-0.05, 0) is 54.8 Å². The highest BCUT2D eigenvalue weighted by Gasteiger charge is 2.17. The third-order valence-corrected chi connectivity index (χ3v) is 4.81. The number of hydrogen-bond acceptors (Lipinski definition) is 4. The first kappa shape index (κ1) is 14.3. The lowest BCUT2D eigenvalue weighted by Gasteiger charge is -2.22. The number of H-pyrrole nitrogens is 2. The Balaban J connectivity index is 1.88. The molecule has 21 heavy (non-hydrogen) atoms. The Bertz CT molecular complexity index is 791. The summed E-state index contributed by atoms with van der Waals surface area (Å²) >= 11 is 6.87. The van der Waals surface area contributed by atoms with Crippen LogP contribution in [-0.4, -0.2) is 33.4 Å². The molecule has 2 aromatic rings. The summed E-state index contributed by atoms with van der Waals surface area (Å²) in [6.45, 7) is 0. The van der Waals surface area contributed by atoms with Crippen LogP contribution in [0.15, 0.2) is 23.0 Å². The first-order chi connectivity index (χ1) is 10.1. The Morgan fingerprint density at radius 1 is 1.29 bits per heavy atom. The fourth-order valence-corrected chi connectivity index (χ4v) is 3.73. The van der Waals surface area contributed by atoms with Crippen LogP contribution in [-0.2, 0) is 0 Å². The molecule has 0 unspecified atom stereocenters. The van der Waals surface area contributed by atoms with Gasteiger partial charge in [0.1, 0.15) is 0 Å². The van der Waals surface area contributed by atoms with Gasteiger partial charge in [-0.3, -0.25) is 14.6 Å². The second kappa shape index (κ2) is 6.03. The normalized spacial score (nSPS) is 16.0. The number of amides is 1. The molecule has 1 amide bonds. The molecule has 0 atom stereocenters. The third kappa shape index (κ3) is 3.19. The van der Waals surface area contributed by atoms with Crippen LogP contribution in [0.25, 0.3) is 10.9 Å². The summed E-state index contributed by atoms with van der Waals surface area (Å²) in [5, 5.41) is 3.55. The van der Waals surface area contributed by atoms with E-state index in [2.05, 4.69) is 15.3 Å². The van der Waals surface area contributed by atoms with Crippen LogP contribution in [0.5, 0.6) is 0 Å². The number of carbonyl (C=O) groups excluding carboxylic acids is 1. The number of thioether (sulfide) groups is 1. The summed E-state index contributed by atoms with van der Waals surface area (Å²) in [7, 11) is 0. The number of benzene rings is 1. The Morgan fingerprint density at radius 3 is 2.81 bits per heavy atom. The Labute approximate surface area is 130 Å². The highest BCUT2D eigenvalue weighted by Crippen LogP contribution is 2.17. The van der Waals surface area contributed by atoms with Gasteiger partial charge in [-0.2, -0.15) is 11.8 Å². The molecule has 1 fully saturated rings. The molecule has 0 saturated carbocycles. The summed E-state index contributed by atoms with van der Waals surface area (Å²) in [6.07, 6.45) is 2.01. The van der Waals surface area contributed by atoms with Crippen LogP contribution >= 0.6 is 24.0 Å². The van der Waals surface area contributed by atoms with E-state index in [1.165, 1.54) is 0 Å². The Morgan fingerprint density at radius 2 is 2.05 bits per heavy atom. The minimum atomic E-state index is -0.245. The lowest BCUT2D eigenvalue weighted by atomic mass is 10.1. The minimum absolute atomic E-state index is 0.103. The van der Waals surface area contributed by atoms with Crippen LogP contribution in [0.3, 0.4) is 0 Å². The van der Waals surface area contributed by atoms with E-state index in [0.29, 0.717) is 16.5 Å². The molecule has 1 aromatic heterocycles. The predicted octanol–water partition coefficient (Wildman–Crippen LogP) is 2.21. The molecule has 110 valence electrons. The van der Waals surface area contributed by atoms with Gasteiger partial charge in [0, 0.05) is 11.6 Å². The van der Waals surface area contributed by atoms with Gasteiger partial charge >= 0.3 is 0 Å². The molecule has 2 heterocycles. The van der Waals surface area contributed by atoms with Crippen molar-refractivity contribution >= 4 is 40.8 Å². The third-order valence-electron chi connectivity index (χ3n) is 3.56. The van der Waals surface area contributed by atoms with Gasteiger partial charge in [0.25, 0.3) is 11.5 Å². The molecule has 1 aliphatic rings. The van der Waals surface area contributed by atoms with Crippen molar-refractivity contribution in [3.05, 3.63) is 38.9 Å². The van der Waals surface area contributed by atoms with Crippen molar-refractivity contribution in [3.63, 3.8) is 0 Å². The largest absolute Gasteiger partial charge is 0.349 e. The molecular weight excluding hydrogens is 306 g/mol.